The van der Waals surface area contributed by atoms with Crippen LogP contribution in [0.5, 0.6) is 0 Å². The zero-order valence-electron chi connectivity index (χ0n) is 9.36. The van der Waals surface area contributed by atoms with Crippen LogP contribution in [0.1, 0.15) is 12.0 Å². The number of nitrogens with two attached hydrogens (primary N) is 1. The van der Waals surface area contributed by atoms with Crippen LogP contribution in [0.3, 0.4) is 0 Å². The van der Waals surface area contributed by atoms with Crippen LogP contribution in [0.15, 0.2) is 30.3 Å². The predicted molar refractivity (Wildman–Crippen MR) is 61.1 cm³/mol. The van der Waals surface area contributed by atoms with E-state index in [2.05, 4.69) is 12.2 Å². The second-order valence-corrected chi connectivity index (χ2v) is 3.45. The van der Waals surface area contributed by atoms with E-state index in [4.69, 9.17) is 5.73 Å². The predicted octanol–water partition coefficient (Wildman–Crippen LogP) is 0.894. The molecule has 85 valence electrons. The first-order valence-corrected chi connectivity index (χ1v) is 5.10. The molecule has 0 unspecified atom stereocenters. The van der Waals surface area contributed by atoms with Crippen LogP contribution in [0.4, 0.5) is 0 Å². The first kappa shape index (κ1) is 15.8. The standard InChI is InChI=1S/C12H17N2O.Y/c1-2-8-14-11(12(13)15)9-10-6-4-3-5-7-10;/h3-7,11,14H,1-2,8-9H2,(H2,13,15);/q-1;/t11-;/m0./s1. The molecule has 0 aliphatic rings. The maximum atomic E-state index is 11.1. The van der Waals surface area contributed by atoms with Gasteiger partial charge in [0.1, 0.15) is 0 Å². The summed E-state index contributed by atoms with van der Waals surface area (Å²) in [5, 5.41) is 3.08. The molecular formula is C12H17N2OY-. The molecule has 0 bridgehead atoms. The minimum atomic E-state index is -0.313. The molecule has 16 heavy (non-hydrogen) atoms. The van der Waals surface area contributed by atoms with E-state index in [1.165, 1.54) is 0 Å². The van der Waals surface area contributed by atoms with Gasteiger partial charge in [-0.2, -0.15) is 6.42 Å². The molecule has 0 heterocycles. The van der Waals surface area contributed by atoms with Gasteiger partial charge in [0.05, 0.1) is 6.04 Å². The number of amides is 1. The molecule has 4 heteroatoms. The van der Waals surface area contributed by atoms with Crippen molar-refractivity contribution in [1.82, 2.24) is 5.32 Å². The van der Waals surface area contributed by atoms with Crippen LogP contribution in [0, 0.1) is 6.92 Å². The Labute approximate surface area is 122 Å². The number of hydrogen-bond acceptors (Lipinski definition) is 2. The van der Waals surface area contributed by atoms with Gasteiger partial charge in [-0.05, 0) is 18.5 Å². The van der Waals surface area contributed by atoms with Gasteiger partial charge < -0.3 is 18.0 Å². The molecule has 1 atom stereocenters. The molecule has 0 saturated carbocycles. The first-order chi connectivity index (χ1) is 7.24. The Morgan fingerprint density at radius 1 is 1.38 bits per heavy atom. The Bertz CT molecular complexity index is 303. The molecule has 3 N–H and O–H groups in total. The number of nitrogens with one attached hydrogen (secondary N) is 1. The molecule has 1 aromatic carbocycles. The Balaban J connectivity index is 0.00000225. The van der Waals surface area contributed by atoms with Crippen LogP contribution in [-0.4, -0.2) is 18.5 Å². The summed E-state index contributed by atoms with van der Waals surface area (Å²) in [4.78, 5) is 11.1. The number of hydrogen-bond donors (Lipinski definition) is 2. The van der Waals surface area contributed by atoms with Gasteiger partial charge in [-0.3, -0.25) is 4.79 Å². The number of carbonyl (C=O) groups excluding carboxylic acids is 1. The zero-order chi connectivity index (χ0) is 11.1. The van der Waals surface area contributed by atoms with Crippen LogP contribution in [-0.2, 0) is 43.9 Å². The summed E-state index contributed by atoms with van der Waals surface area (Å²) in [5.41, 5.74) is 6.41. The van der Waals surface area contributed by atoms with Crippen molar-refractivity contribution in [2.45, 2.75) is 18.9 Å². The number of rotatable bonds is 6. The zero-order valence-corrected chi connectivity index (χ0v) is 12.2. The molecule has 0 fully saturated rings. The fourth-order valence-electron chi connectivity index (χ4n) is 1.40. The van der Waals surface area contributed by atoms with Gasteiger partial charge in [0.15, 0.2) is 0 Å². The molecule has 0 saturated heterocycles. The molecule has 1 aromatic rings. The topological polar surface area (TPSA) is 55.1 Å². The summed E-state index contributed by atoms with van der Waals surface area (Å²) in [7, 11) is 0. The van der Waals surface area contributed by atoms with Crippen molar-refractivity contribution in [1.29, 1.82) is 0 Å². The molecule has 0 aliphatic carbocycles. The molecule has 1 rings (SSSR count). The van der Waals surface area contributed by atoms with Crippen molar-refractivity contribution in [3.8, 4) is 0 Å². The van der Waals surface area contributed by atoms with E-state index in [-0.39, 0.29) is 44.7 Å². The average molecular weight is 294 g/mol. The van der Waals surface area contributed by atoms with Crippen molar-refractivity contribution >= 4 is 5.91 Å². The molecule has 0 aliphatic heterocycles. The summed E-state index contributed by atoms with van der Waals surface area (Å²) in [6.45, 7) is 4.42. The monoisotopic (exact) mass is 294 g/mol. The Hall–Kier alpha value is -0.246. The van der Waals surface area contributed by atoms with E-state index in [0.717, 1.165) is 12.0 Å². The Morgan fingerprint density at radius 2 is 2.00 bits per heavy atom. The van der Waals surface area contributed by atoms with E-state index in [9.17, 15) is 4.79 Å². The van der Waals surface area contributed by atoms with E-state index in [1.807, 2.05) is 30.3 Å². The molecule has 0 aromatic heterocycles. The van der Waals surface area contributed by atoms with Crippen LogP contribution in [0.2, 0.25) is 0 Å². The third kappa shape index (κ3) is 5.73. The third-order valence-electron chi connectivity index (χ3n) is 2.19. The normalized spacial score (nSPS) is 11.6. The molecule has 1 amide bonds. The quantitative estimate of drug-likeness (QED) is 0.766. The number of primary amides is 1. The van der Waals surface area contributed by atoms with Crippen LogP contribution < -0.4 is 11.1 Å². The Morgan fingerprint density at radius 3 is 2.50 bits per heavy atom. The maximum Gasteiger partial charge on any atom is 0.234 e. The molecule has 1 radical (unpaired) electrons. The molecule has 0 spiro atoms. The van der Waals surface area contributed by atoms with Gasteiger partial charge in [-0.1, -0.05) is 30.3 Å². The maximum absolute atomic E-state index is 11.1. The van der Waals surface area contributed by atoms with Crippen LogP contribution in [0.25, 0.3) is 0 Å². The third-order valence-corrected chi connectivity index (χ3v) is 2.19. The van der Waals surface area contributed by atoms with E-state index in [0.29, 0.717) is 13.0 Å². The van der Waals surface area contributed by atoms with Gasteiger partial charge in [0, 0.05) is 32.7 Å². The van der Waals surface area contributed by atoms with Gasteiger partial charge in [-0.15, -0.1) is 0 Å². The Kier molecular flexibility index (Phi) is 8.72. The first-order valence-electron chi connectivity index (χ1n) is 5.10. The van der Waals surface area contributed by atoms with Crippen molar-refractivity contribution < 1.29 is 37.5 Å². The molecule has 3 nitrogen and oxygen atoms in total. The van der Waals surface area contributed by atoms with Gasteiger partial charge in [0.2, 0.25) is 5.91 Å². The number of benzene rings is 1. The second kappa shape index (κ2) is 8.85. The number of carbonyl (C=O) groups is 1. The smallest absolute Gasteiger partial charge is 0.234 e. The van der Waals surface area contributed by atoms with Gasteiger partial charge in [-0.25, -0.2) is 0 Å². The minimum absolute atomic E-state index is 0. The average Bonchev–Trinajstić information content (AvgIpc) is 2.25. The summed E-state index contributed by atoms with van der Waals surface area (Å²) in [5.74, 6) is -0.313. The summed E-state index contributed by atoms with van der Waals surface area (Å²) in [6, 6.07) is 9.54. The second-order valence-electron chi connectivity index (χ2n) is 3.45. The van der Waals surface area contributed by atoms with Crippen molar-refractivity contribution in [3.05, 3.63) is 42.8 Å². The largest absolute Gasteiger partial charge is 0.368 e. The van der Waals surface area contributed by atoms with Crippen LogP contribution >= 0.6 is 0 Å². The summed E-state index contributed by atoms with van der Waals surface area (Å²) in [6.07, 6.45) is 1.38. The SMILES string of the molecule is [CH2-]CCN[C@@H](Cc1ccccc1)C(N)=O.[Y]. The van der Waals surface area contributed by atoms with Crippen molar-refractivity contribution in [2.75, 3.05) is 6.54 Å². The summed E-state index contributed by atoms with van der Waals surface area (Å²) < 4.78 is 0. The van der Waals surface area contributed by atoms with Gasteiger partial charge >= 0.3 is 0 Å². The van der Waals surface area contributed by atoms with E-state index >= 15 is 0 Å². The minimum Gasteiger partial charge on any atom is -0.368 e. The fourth-order valence-corrected chi connectivity index (χ4v) is 1.40. The fraction of sp³-hybridized carbons (Fsp3) is 0.333. The molecular weight excluding hydrogens is 277 g/mol. The van der Waals surface area contributed by atoms with Crippen molar-refractivity contribution in [2.24, 2.45) is 5.73 Å². The van der Waals surface area contributed by atoms with Gasteiger partial charge in [0.25, 0.3) is 0 Å². The van der Waals surface area contributed by atoms with Crippen molar-refractivity contribution in [3.63, 3.8) is 0 Å². The van der Waals surface area contributed by atoms with E-state index < -0.39 is 0 Å². The summed E-state index contributed by atoms with van der Waals surface area (Å²) >= 11 is 0. The van der Waals surface area contributed by atoms with E-state index in [1.54, 1.807) is 0 Å².